The van der Waals surface area contributed by atoms with Crippen LogP contribution in [-0.4, -0.2) is 33.5 Å². The van der Waals surface area contributed by atoms with Crippen molar-refractivity contribution in [3.8, 4) is 0 Å². The van der Waals surface area contributed by atoms with Gasteiger partial charge in [-0.25, -0.2) is 0 Å². The number of carbonyl (C=O) groups is 1. The third kappa shape index (κ3) is 2.88. The molecule has 0 amide bonds. The second-order valence-electron chi connectivity index (χ2n) is 15.2. The van der Waals surface area contributed by atoms with Crippen LogP contribution >= 0.6 is 0 Å². The Morgan fingerprint density at radius 2 is 1.47 bits per heavy atom. The van der Waals surface area contributed by atoms with E-state index in [4.69, 9.17) is 0 Å². The molecule has 5 rings (SSSR count). The molecule has 4 heteroatoms. The average Bonchev–Trinajstić information content (AvgIpc) is 2.72. The van der Waals surface area contributed by atoms with Crippen molar-refractivity contribution >= 4 is 5.97 Å². The molecule has 0 aromatic rings. The zero-order valence-electron chi connectivity index (χ0n) is 22.6. The van der Waals surface area contributed by atoms with Crippen molar-refractivity contribution in [1.82, 2.24) is 0 Å². The zero-order valence-corrected chi connectivity index (χ0v) is 22.6. The molecule has 0 aliphatic heterocycles. The number of hydrogen-bond acceptors (Lipinski definition) is 3. The van der Waals surface area contributed by atoms with Crippen LogP contribution in [0.3, 0.4) is 0 Å². The number of carboxylic acids is 1. The molecule has 5 aliphatic carbocycles. The predicted molar refractivity (Wildman–Crippen MR) is 134 cm³/mol. The van der Waals surface area contributed by atoms with Crippen LogP contribution in [0, 0.1) is 44.3 Å². The summed E-state index contributed by atoms with van der Waals surface area (Å²) >= 11 is 0. The normalized spacial score (nSPS) is 51.6. The lowest BCUT2D eigenvalue weighted by atomic mass is 9.34. The lowest BCUT2D eigenvalue weighted by molar-refractivity contribution is -0.233. The van der Waals surface area contributed by atoms with Crippen LogP contribution in [-0.2, 0) is 4.79 Å². The number of hydrogen-bond donors (Lipinski definition) is 3. The lowest BCUT2D eigenvalue weighted by Crippen LogP contribution is -2.66. The van der Waals surface area contributed by atoms with Crippen molar-refractivity contribution in [1.29, 1.82) is 0 Å². The van der Waals surface area contributed by atoms with Gasteiger partial charge in [0.2, 0.25) is 0 Å². The Hall–Kier alpha value is -0.870. The fourth-order valence-electron chi connectivity index (χ4n) is 10.7. The summed E-state index contributed by atoms with van der Waals surface area (Å²) in [6, 6.07) is 0. The maximum absolute atomic E-state index is 12.8. The van der Waals surface area contributed by atoms with E-state index in [0.717, 1.165) is 57.8 Å². The highest BCUT2D eigenvalue weighted by Crippen LogP contribution is 2.75. The number of rotatable bonds is 1. The van der Waals surface area contributed by atoms with Gasteiger partial charge in [-0.15, -0.1) is 0 Å². The van der Waals surface area contributed by atoms with Crippen LogP contribution in [0.2, 0.25) is 0 Å². The van der Waals surface area contributed by atoms with E-state index >= 15 is 0 Å². The van der Waals surface area contributed by atoms with Gasteiger partial charge >= 0.3 is 5.97 Å². The number of aliphatic hydroxyl groups excluding tert-OH is 2. The molecule has 0 aromatic heterocycles. The Kier molecular flexibility index (Phi) is 5.20. The molecule has 192 valence electrons. The second kappa shape index (κ2) is 7.12. The Morgan fingerprint density at radius 1 is 0.824 bits per heavy atom. The molecule has 2 unspecified atom stereocenters. The van der Waals surface area contributed by atoms with E-state index in [9.17, 15) is 20.1 Å². The summed E-state index contributed by atoms with van der Waals surface area (Å²) in [4.78, 5) is 12.8. The molecule has 5 aliphatic rings. The molecular formula is C30H48O4. The monoisotopic (exact) mass is 472 g/mol. The minimum atomic E-state index is -0.670. The molecule has 8 atom stereocenters. The van der Waals surface area contributed by atoms with Crippen LogP contribution in [0.4, 0.5) is 0 Å². The predicted octanol–water partition coefficient (Wildman–Crippen LogP) is 6.35. The summed E-state index contributed by atoms with van der Waals surface area (Å²) < 4.78 is 0. The minimum absolute atomic E-state index is 0.0107. The fourth-order valence-corrected chi connectivity index (χ4v) is 10.7. The highest BCUT2D eigenvalue weighted by atomic mass is 16.4. The Balaban J connectivity index is 1.63. The van der Waals surface area contributed by atoms with E-state index in [2.05, 4.69) is 48.5 Å². The van der Waals surface area contributed by atoms with E-state index in [1.54, 1.807) is 0 Å². The van der Waals surface area contributed by atoms with Gasteiger partial charge in [0, 0.05) is 0 Å². The van der Waals surface area contributed by atoms with Crippen molar-refractivity contribution < 1.29 is 20.1 Å². The second-order valence-corrected chi connectivity index (χ2v) is 15.2. The van der Waals surface area contributed by atoms with Crippen LogP contribution in [0.5, 0.6) is 0 Å². The van der Waals surface area contributed by atoms with E-state index in [1.807, 2.05) is 0 Å². The first kappa shape index (κ1) is 24.8. The van der Waals surface area contributed by atoms with Crippen LogP contribution in [0.1, 0.15) is 113 Å². The van der Waals surface area contributed by atoms with Crippen LogP contribution in [0.15, 0.2) is 11.1 Å². The quantitative estimate of drug-likeness (QED) is 0.389. The van der Waals surface area contributed by atoms with Gasteiger partial charge in [-0.3, -0.25) is 4.79 Å². The Bertz CT molecular complexity index is 932. The number of aliphatic carboxylic acids is 1. The highest BCUT2D eigenvalue weighted by Gasteiger charge is 2.69. The molecule has 3 N–H and O–H groups in total. The maximum Gasteiger partial charge on any atom is 0.313 e. The first-order valence-electron chi connectivity index (χ1n) is 13.9. The van der Waals surface area contributed by atoms with Crippen molar-refractivity contribution in [3.63, 3.8) is 0 Å². The van der Waals surface area contributed by atoms with E-state index in [0.29, 0.717) is 18.3 Å². The third-order valence-corrected chi connectivity index (χ3v) is 12.9. The van der Waals surface area contributed by atoms with Gasteiger partial charge in [0.25, 0.3) is 0 Å². The highest BCUT2D eigenvalue weighted by molar-refractivity contribution is 5.80. The van der Waals surface area contributed by atoms with E-state index in [-0.39, 0.29) is 27.1 Å². The first-order valence-corrected chi connectivity index (χ1v) is 13.9. The summed E-state index contributed by atoms with van der Waals surface area (Å²) in [6.07, 6.45) is 8.03. The lowest BCUT2D eigenvalue weighted by Gasteiger charge is -2.71. The van der Waals surface area contributed by atoms with E-state index < -0.39 is 23.6 Å². The van der Waals surface area contributed by atoms with Gasteiger partial charge in [-0.1, -0.05) is 59.6 Å². The van der Waals surface area contributed by atoms with Gasteiger partial charge in [-0.2, -0.15) is 0 Å². The Labute approximate surface area is 206 Å². The Morgan fingerprint density at radius 3 is 2.12 bits per heavy atom. The molecular weight excluding hydrogens is 424 g/mol. The van der Waals surface area contributed by atoms with E-state index in [1.165, 1.54) is 11.1 Å². The van der Waals surface area contributed by atoms with Crippen molar-refractivity contribution in [2.45, 2.75) is 125 Å². The zero-order chi connectivity index (χ0) is 25.1. The van der Waals surface area contributed by atoms with Crippen molar-refractivity contribution in [2.24, 2.45) is 44.3 Å². The summed E-state index contributed by atoms with van der Waals surface area (Å²) in [5, 5.41) is 32.4. The van der Waals surface area contributed by atoms with Crippen LogP contribution in [0.25, 0.3) is 0 Å². The standard InChI is InChI=1S/C30H48O4/c1-25(2)12-14-30(24(33)34)15-13-28(6)18(19(30)16-25)8-9-22-27(5)17-20(31)23(32)26(3,4)21(27)10-11-29(22,28)7/h20-23,31-32H,8-17H2,1-7H3,(H,33,34)/t20-,21?,22?,23+,27-,28+,29+,30-/m0/s1. The molecule has 34 heavy (non-hydrogen) atoms. The minimum Gasteiger partial charge on any atom is -0.481 e. The largest absolute Gasteiger partial charge is 0.481 e. The van der Waals surface area contributed by atoms with Crippen LogP contribution < -0.4 is 0 Å². The summed E-state index contributed by atoms with van der Waals surface area (Å²) in [5.41, 5.74) is 2.07. The van der Waals surface area contributed by atoms with Crippen molar-refractivity contribution in [2.75, 3.05) is 0 Å². The number of allylic oxidation sites excluding steroid dienone is 1. The molecule has 0 saturated heterocycles. The first-order chi connectivity index (χ1) is 15.6. The number of fused-ring (bicyclic) bond motifs is 6. The molecule has 0 aromatic carbocycles. The van der Waals surface area contributed by atoms with Crippen molar-refractivity contribution in [3.05, 3.63) is 11.1 Å². The topological polar surface area (TPSA) is 77.8 Å². The summed E-state index contributed by atoms with van der Waals surface area (Å²) in [6.45, 7) is 16.3. The SMILES string of the molecule is CC1(C)CC[C@]2(C(=O)O)CC[C@]3(C)C(=C2C1)CCC1[C@@]2(C)C[C@H](O)[C@@H](O)C(C)(C)C2CC[C@]13C. The van der Waals surface area contributed by atoms with Gasteiger partial charge in [0.15, 0.2) is 0 Å². The molecule has 0 spiro atoms. The molecule has 4 saturated carbocycles. The molecule has 0 heterocycles. The fraction of sp³-hybridized carbons (Fsp3) is 0.900. The maximum atomic E-state index is 12.8. The van der Waals surface area contributed by atoms with Gasteiger partial charge < -0.3 is 15.3 Å². The smallest absolute Gasteiger partial charge is 0.313 e. The van der Waals surface area contributed by atoms with Gasteiger partial charge in [0.05, 0.1) is 17.6 Å². The molecule has 0 radical (unpaired) electrons. The van der Waals surface area contributed by atoms with Gasteiger partial charge in [-0.05, 0) is 103 Å². The number of carboxylic acid groups (broad SMARTS) is 1. The van der Waals surface area contributed by atoms with Gasteiger partial charge in [0.1, 0.15) is 0 Å². The molecule has 4 nitrogen and oxygen atoms in total. The third-order valence-electron chi connectivity index (χ3n) is 12.9. The summed E-state index contributed by atoms with van der Waals surface area (Å²) in [7, 11) is 0. The average molecular weight is 473 g/mol. The molecule has 4 fully saturated rings. The number of aliphatic hydroxyl groups is 2. The molecule has 0 bridgehead atoms. The summed E-state index contributed by atoms with van der Waals surface area (Å²) in [5.74, 6) is 0.273.